The van der Waals surface area contributed by atoms with E-state index in [4.69, 9.17) is 0 Å². The lowest BCUT2D eigenvalue weighted by atomic mass is 10.2. The van der Waals surface area contributed by atoms with Crippen LogP contribution in [0.2, 0.25) is 0 Å². The van der Waals surface area contributed by atoms with Gasteiger partial charge in [-0.25, -0.2) is 0 Å². The maximum Gasteiger partial charge on any atom is 0.0227 e. The molecule has 0 saturated carbocycles. The van der Waals surface area contributed by atoms with Gasteiger partial charge in [0.1, 0.15) is 0 Å². The minimum atomic E-state index is 1.15. The van der Waals surface area contributed by atoms with Crippen molar-refractivity contribution in [3.8, 4) is 0 Å². The summed E-state index contributed by atoms with van der Waals surface area (Å²) in [5.74, 6) is 0. The Hall–Kier alpha value is -0.590. The monoisotopic (exact) mass is 125 g/mol. The van der Waals surface area contributed by atoms with Crippen LogP contribution in [0.3, 0.4) is 0 Å². The Labute approximate surface area is 57.5 Å². The largest absolute Gasteiger partial charge is 0.266 e. The van der Waals surface area contributed by atoms with Crippen molar-refractivity contribution >= 4 is 5.71 Å². The van der Waals surface area contributed by atoms with Gasteiger partial charge in [-0.1, -0.05) is 19.9 Å². The van der Waals surface area contributed by atoms with Crippen LogP contribution in [0.5, 0.6) is 0 Å². The summed E-state index contributed by atoms with van der Waals surface area (Å²) in [7, 11) is 0. The standard InChI is InChI=1S/C6H9N.C2H6/c1-6-4-2-3-5-7-6;1-2/h3,5H,2,4H2,1H3;1-2H3. The average molecular weight is 125 g/mol. The minimum Gasteiger partial charge on any atom is -0.266 e. The molecule has 1 heterocycles. The van der Waals surface area contributed by atoms with Gasteiger partial charge in [-0.15, -0.1) is 0 Å². The lowest BCUT2D eigenvalue weighted by Crippen LogP contribution is -1.91. The second-order valence-electron chi connectivity index (χ2n) is 1.79. The summed E-state index contributed by atoms with van der Waals surface area (Å²) in [5.41, 5.74) is 1.25. The van der Waals surface area contributed by atoms with Crippen LogP contribution < -0.4 is 0 Å². The van der Waals surface area contributed by atoms with Gasteiger partial charge < -0.3 is 0 Å². The quantitative estimate of drug-likeness (QED) is 0.472. The van der Waals surface area contributed by atoms with Gasteiger partial charge in [0.05, 0.1) is 0 Å². The fourth-order valence-electron chi connectivity index (χ4n) is 0.611. The van der Waals surface area contributed by atoms with Gasteiger partial charge in [0, 0.05) is 11.9 Å². The van der Waals surface area contributed by atoms with Gasteiger partial charge in [-0.05, 0) is 19.8 Å². The first-order valence-corrected chi connectivity index (χ1v) is 3.58. The van der Waals surface area contributed by atoms with Gasteiger partial charge in [0.25, 0.3) is 0 Å². The van der Waals surface area contributed by atoms with E-state index >= 15 is 0 Å². The second-order valence-corrected chi connectivity index (χ2v) is 1.79. The van der Waals surface area contributed by atoms with Crippen molar-refractivity contribution in [3.05, 3.63) is 12.3 Å². The normalized spacial score (nSPS) is 15.7. The molecule has 1 aliphatic rings. The third kappa shape index (κ3) is 3.95. The molecule has 0 unspecified atom stereocenters. The Balaban J connectivity index is 0.000000291. The fourth-order valence-corrected chi connectivity index (χ4v) is 0.611. The average Bonchev–Trinajstić information content (AvgIpc) is 1.94. The van der Waals surface area contributed by atoms with E-state index < -0.39 is 0 Å². The van der Waals surface area contributed by atoms with Crippen molar-refractivity contribution in [2.24, 2.45) is 4.99 Å². The highest BCUT2D eigenvalue weighted by atomic mass is 14.7. The molecule has 0 atom stereocenters. The van der Waals surface area contributed by atoms with Crippen molar-refractivity contribution in [1.29, 1.82) is 0 Å². The SMILES string of the molecule is CC.CC1=NC=CCC1. The van der Waals surface area contributed by atoms with Crippen LogP contribution >= 0.6 is 0 Å². The molecule has 0 aliphatic carbocycles. The number of rotatable bonds is 0. The summed E-state index contributed by atoms with van der Waals surface area (Å²) in [5, 5.41) is 0. The summed E-state index contributed by atoms with van der Waals surface area (Å²) in [4.78, 5) is 4.07. The van der Waals surface area contributed by atoms with Crippen LogP contribution in [0.1, 0.15) is 33.6 Å². The Morgan fingerprint density at radius 2 is 2.11 bits per heavy atom. The van der Waals surface area contributed by atoms with E-state index in [0.717, 1.165) is 6.42 Å². The molecule has 0 bridgehead atoms. The number of aliphatic imine (C=N–C) groups is 1. The third-order valence-electron chi connectivity index (χ3n) is 1.07. The van der Waals surface area contributed by atoms with Crippen LogP contribution in [0.4, 0.5) is 0 Å². The molecule has 0 radical (unpaired) electrons. The molecule has 1 nitrogen and oxygen atoms in total. The summed E-state index contributed by atoms with van der Waals surface area (Å²) >= 11 is 0. The fraction of sp³-hybridized carbons (Fsp3) is 0.625. The molecule has 0 aromatic heterocycles. The molecule has 0 spiro atoms. The zero-order valence-electron chi connectivity index (χ0n) is 6.52. The summed E-state index contributed by atoms with van der Waals surface area (Å²) in [6.07, 6.45) is 6.29. The number of hydrogen-bond donors (Lipinski definition) is 0. The van der Waals surface area contributed by atoms with Crippen LogP contribution in [0.25, 0.3) is 0 Å². The number of nitrogens with zero attached hydrogens (tertiary/aromatic N) is 1. The zero-order chi connectivity index (χ0) is 7.11. The van der Waals surface area contributed by atoms with Crippen molar-refractivity contribution in [1.82, 2.24) is 0 Å². The molecule has 0 N–H and O–H groups in total. The summed E-state index contributed by atoms with van der Waals surface area (Å²) < 4.78 is 0. The number of hydrogen-bond acceptors (Lipinski definition) is 1. The van der Waals surface area contributed by atoms with E-state index in [9.17, 15) is 0 Å². The second kappa shape index (κ2) is 5.54. The van der Waals surface area contributed by atoms with E-state index in [1.165, 1.54) is 12.1 Å². The van der Waals surface area contributed by atoms with Crippen LogP contribution in [-0.4, -0.2) is 5.71 Å². The van der Waals surface area contributed by atoms with Gasteiger partial charge in [0.2, 0.25) is 0 Å². The van der Waals surface area contributed by atoms with Gasteiger partial charge >= 0.3 is 0 Å². The van der Waals surface area contributed by atoms with Crippen molar-refractivity contribution < 1.29 is 0 Å². The van der Waals surface area contributed by atoms with Crippen molar-refractivity contribution in [2.45, 2.75) is 33.6 Å². The maximum atomic E-state index is 4.07. The molecule has 52 valence electrons. The topological polar surface area (TPSA) is 12.4 Å². The van der Waals surface area contributed by atoms with Gasteiger partial charge in [-0.3, -0.25) is 4.99 Å². The molecule has 0 aromatic carbocycles. The lowest BCUT2D eigenvalue weighted by Gasteiger charge is -1.97. The van der Waals surface area contributed by atoms with E-state index in [-0.39, 0.29) is 0 Å². The van der Waals surface area contributed by atoms with Gasteiger partial charge in [0.15, 0.2) is 0 Å². The highest BCUT2D eigenvalue weighted by molar-refractivity contribution is 5.83. The molecular weight excluding hydrogens is 110 g/mol. The maximum absolute atomic E-state index is 4.07. The molecule has 0 fully saturated rings. The zero-order valence-corrected chi connectivity index (χ0v) is 6.52. The number of allylic oxidation sites excluding steroid dienone is 1. The predicted octanol–water partition coefficient (Wildman–Crippen LogP) is 2.78. The molecule has 1 rings (SSSR count). The van der Waals surface area contributed by atoms with Crippen molar-refractivity contribution in [3.63, 3.8) is 0 Å². The Morgan fingerprint density at radius 1 is 1.44 bits per heavy atom. The van der Waals surface area contributed by atoms with E-state index in [1.54, 1.807) is 0 Å². The molecular formula is C8H15N. The summed E-state index contributed by atoms with van der Waals surface area (Å²) in [6.45, 7) is 6.06. The molecule has 1 aliphatic heterocycles. The first-order valence-electron chi connectivity index (χ1n) is 3.58. The lowest BCUT2D eigenvalue weighted by molar-refractivity contribution is 1.05. The highest BCUT2D eigenvalue weighted by Gasteiger charge is 1.90. The molecule has 0 amide bonds. The molecule has 0 saturated heterocycles. The van der Waals surface area contributed by atoms with E-state index in [2.05, 4.69) is 18.0 Å². The van der Waals surface area contributed by atoms with Crippen LogP contribution in [0, 0.1) is 0 Å². The third-order valence-corrected chi connectivity index (χ3v) is 1.07. The Bertz CT molecular complexity index is 112. The molecule has 9 heavy (non-hydrogen) atoms. The minimum absolute atomic E-state index is 1.15. The Kier molecular flexibility index (Phi) is 5.18. The smallest absolute Gasteiger partial charge is 0.0227 e. The van der Waals surface area contributed by atoms with Crippen molar-refractivity contribution in [2.75, 3.05) is 0 Å². The van der Waals surface area contributed by atoms with Gasteiger partial charge in [-0.2, -0.15) is 0 Å². The Morgan fingerprint density at radius 3 is 2.33 bits per heavy atom. The molecule has 1 heteroatoms. The predicted molar refractivity (Wildman–Crippen MR) is 42.8 cm³/mol. The first kappa shape index (κ1) is 8.41. The highest BCUT2D eigenvalue weighted by Crippen LogP contribution is 2.00. The first-order chi connectivity index (χ1) is 4.39. The van der Waals surface area contributed by atoms with E-state index in [1.807, 2.05) is 20.0 Å². The van der Waals surface area contributed by atoms with E-state index in [0.29, 0.717) is 0 Å². The van der Waals surface area contributed by atoms with Crippen LogP contribution in [-0.2, 0) is 0 Å². The summed E-state index contributed by atoms with van der Waals surface area (Å²) in [6, 6.07) is 0. The molecule has 0 aromatic rings. The van der Waals surface area contributed by atoms with Crippen LogP contribution in [0.15, 0.2) is 17.3 Å².